The number of imidazole rings is 1. The molecule has 198 valence electrons. The lowest BCUT2D eigenvalue weighted by atomic mass is 9.88. The number of nitrogens with zero attached hydrogens (tertiary/aromatic N) is 1. The molecule has 0 fully saturated rings. The maximum Gasteiger partial charge on any atom is 0.407 e. The van der Waals surface area contributed by atoms with Gasteiger partial charge in [-0.1, -0.05) is 60.7 Å². The Morgan fingerprint density at radius 3 is 2.11 bits per heavy atom. The van der Waals surface area contributed by atoms with E-state index in [1.54, 1.807) is 33.2 Å². The first-order chi connectivity index (χ1) is 17.6. The maximum absolute atomic E-state index is 13.4. The zero-order valence-electron chi connectivity index (χ0n) is 22.0. The number of amides is 2. The number of rotatable bonds is 11. The van der Waals surface area contributed by atoms with Gasteiger partial charge in [-0.2, -0.15) is 0 Å². The van der Waals surface area contributed by atoms with Crippen LogP contribution in [-0.2, 0) is 22.4 Å². The largest absolute Gasteiger partial charge is 0.444 e. The van der Waals surface area contributed by atoms with Gasteiger partial charge in [-0.15, -0.1) is 0 Å². The zero-order valence-corrected chi connectivity index (χ0v) is 22.0. The van der Waals surface area contributed by atoms with E-state index in [1.165, 1.54) is 0 Å². The summed E-state index contributed by atoms with van der Waals surface area (Å²) in [6.45, 7) is 7.22. The van der Waals surface area contributed by atoms with E-state index in [0.717, 1.165) is 11.1 Å². The maximum atomic E-state index is 13.4. The monoisotopic (exact) mass is 506 g/mol. The van der Waals surface area contributed by atoms with Crippen molar-refractivity contribution in [3.05, 3.63) is 90.0 Å². The Labute approximate surface area is 218 Å². The molecule has 0 unspecified atom stereocenters. The number of ether oxygens (including phenoxy) is 1. The van der Waals surface area contributed by atoms with Crippen molar-refractivity contribution in [3.8, 4) is 0 Å². The van der Waals surface area contributed by atoms with E-state index in [4.69, 9.17) is 4.74 Å². The van der Waals surface area contributed by atoms with Crippen molar-refractivity contribution in [3.63, 3.8) is 0 Å². The average Bonchev–Trinajstić information content (AvgIpc) is 3.38. The summed E-state index contributed by atoms with van der Waals surface area (Å²) in [5.41, 5.74) is 1.27. The molecule has 37 heavy (non-hydrogen) atoms. The van der Waals surface area contributed by atoms with Crippen LogP contribution in [0.3, 0.4) is 0 Å². The van der Waals surface area contributed by atoms with Gasteiger partial charge in [0.15, 0.2) is 0 Å². The highest BCUT2D eigenvalue weighted by Crippen LogP contribution is 2.20. The van der Waals surface area contributed by atoms with Crippen LogP contribution >= 0.6 is 0 Å². The Balaban J connectivity index is 1.79. The minimum absolute atomic E-state index is 0.152. The van der Waals surface area contributed by atoms with E-state index in [2.05, 4.69) is 20.6 Å². The number of alkyl carbamates (subject to hydrolysis) is 1. The molecule has 0 aliphatic heterocycles. The molecule has 1 heterocycles. The highest BCUT2D eigenvalue weighted by atomic mass is 16.6. The standard InChI is InChI=1S/C29H38N4O4/c1-20(26-30-15-16-31-26)32-27(35)23(17-21-11-7-5-8-12-21)19-25(34)24(18-22-13-9-6-10-14-22)33-28(36)37-29(2,3)4/h5-16,20,23-25,34H,17-19H2,1-4H3,(H,30,31)(H,32,35)(H,33,36)/t20-,23+,24-,25-/m0/s1. The molecule has 2 aromatic carbocycles. The first-order valence-electron chi connectivity index (χ1n) is 12.7. The molecule has 0 saturated heterocycles. The minimum Gasteiger partial charge on any atom is -0.444 e. The molecule has 0 saturated carbocycles. The summed E-state index contributed by atoms with van der Waals surface area (Å²) in [5.74, 6) is -0.0723. The Morgan fingerprint density at radius 2 is 1.57 bits per heavy atom. The van der Waals surface area contributed by atoms with Crippen LogP contribution in [0.5, 0.6) is 0 Å². The number of nitrogens with one attached hydrogen (secondary N) is 3. The third-order valence-electron chi connectivity index (χ3n) is 5.98. The van der Waals surface area contributed by atoms with Crippen molar-refractivity contribution in [2.45, 2.75) is 70.7 Å². The predicted octanol–water partition coefficient (Wildman–Crippen LogP) is 4.33. The van der Waals surface area contributed by atoms with Gasteiger partial charge in [-0.3, -0.25) is 4.79 Å². The van der Waals surface area contributed by atoms with Gasteiger partial charge in [0.1, 0.15) is 11.4 Å². The van der Waals surface area contributed by atoms with Gasteiger partial charge in [-0.05, 0) is 58.1 Å². The van der Waals surface area contributed by atoms with Gasteiger partial charge in [0.2, 0.25) is 5.91 Å². The van der Waals surface area contributed by atoms with Crippen LogP contribution in [-0.4, -0.2) is 44.8 Å². The number of aromatic amines is 1. The van der Waals surface area contributed by atoms with Crippen LogP contribution in [0.15, 0.2) is 73.1 Å². The number of H-pyrrole nitrogens is 1. The molecular weight excluding hydrogens is 468 g/mol. The molecular formula is C29H38N4O4. The normalized spacial score (nSPS) is 14.7. The van der Waals surface area contributed by atoms with E-state index in [0.29, 0.717) is 18.7 Å². The summed E-state index contributed by atoms with van der Waals surface area (Å²) in [6.07, 6.45) is 2.73. The fourth-order valence-electron chi connectivity index (χ4n) is 4.16. The van der Waals surface area contributed by atoms with Gasteiger partial charge in [0, 0.05) is 18.3 Å². The molecule has 0 bridgehead atoms. The topological polar surface area (TPSA) is 116 Å². The quantitative estimate of drug-likeness (QED) is 0.309. The van der Waals surface area contributed by atoms with Gasteiger partial charge in [0.05, 0.1) is 18.2 Å². The van der Waals surface area contributed by atoms with Crippen molar-refractivity contribution in [2.24, 2.45) is 5.92 Å². The second kappa shape index (κ2) is 13.1. The predicted molar refractivity (Wildman–Crippen MR) is 143 cm³/mol. The lowest BCUT2D eigenvalue weighted by molar-refractivity contribution is -0.126. The summed E-state index contributed by atoms with van der Waals surface area (Å²) in [7, 11) is 0. The Kier molecular flexibility index (Phi) is 9.85. The summed E-state index contributed by atoms with van der Waals surface area (Å²) in [6, 6.07) is 18.3. The number of aliphatic hydroxyl groups is 1. The second-order valence-electron chi connectivity index (χ2n) is 10.3. The summed E-state index contributed by atoms with van der Waals surface area (Å²) < 4.78 is 5.45. The number of carbonyl (C=O) groups is 2. The molecule has 1 aromatic heterocycles. The number of hydrogen-bond acceptors (Lipinski definition) is 5. The lowest BCUT2D eigenvalue weighted by Crippen LogP contribution is -2.48. The van der Waals surface area contributed by atoms with Crippen LogP contribution in [0.1, 0.15) is 57.1 Å². The van der Waals surface area contributed by atoms with Crippen molar-refractivity contribution in [1.29, 1.82) is 0 Å². The van der Waals surface area contributed by atoms with E-state index in [-0.39, 0.29) is 18.4 Å². The van der Waals surface area contributed by atoms with E-state index in [1.807, 2.05) is 67.6 Å². The third-order valence-corrected chi connectivity index (χ3v) is 5.98. The molecule has 8 nitrogen and oxygen atoms in total. The molecule has 0 aliphatic rings. The van der Waals surface area contributed by atoms with Crippen molar-refractivity contribution < 1.29 is 19.4 Å². The van der Waals surface area contributed by atoms with Gasteiger partial charge in [0.25, 0.3) is 0 Å². The number of hydrogen-bond donors (Lipinski definition) is 4. The lowest BCUT2D eigenvalue weighted by Gasteiger charge is -2.29. The average molecular weight is 507 g/mol. The molecule has 0 spiro atoms. The van der Waals surface area contributed by atoms with E-state index in [9.17, 15) is 14.7 Å². The van der Waals surface area contributed by atoms with Crippen LogP contribution in [0.4, 0.5) is 4.79 Å². The number of aromatic nitrogens is 2. The zero-order chi connectivity index (χ0) is 26.8. The van der Waals surface area contributed by atoms with Gasteiger partial charge < -0.3 is 25.5 Å². The number of benzene rings is 2. The first-order valence-corrected chi connectivity index (χ1v) is 12.7. The SMILES string of the molecule is C[C@H](NC(=O)[C@H](Cc1ccccc1)C[C@H](O)[C@H](Cc1ccccc1)NC(=O)OC(C)(C)C)c1ncc[nH]1. The molecule has 3 rings (SSSR count). The second-order valence-corrected chi connectivity index (χ2v) is 10.3. The molecule has 0 aliphatic carbocycles. The van der Waals surface area contributed by atoms with Crippen LogP contribution in [0.2, 0.25) is 0 Å². The molecule has 0 radical (unpaired) electrons. The van der Waals surface area contributed by atoms with E-state index < -0.39 is 29.8 Å². The number of aliphatic hydroxyl groups excluding tert-OH is 1. The van der Waals surface area contributed by atoms with E-state index >= 15 is 0 Å². The van der Waals surface area contributed by atoms with Crippen LogP contribution in [0, 0.1) is 5.92 Å². The summed E-state index contributed by atoms with van der Waals surface area (Å²) in [4.78, 5) is 33.3. The highest BCUT2D eigenvalue weighted by Gasteiger charge is 2.30. The van der Waals surface area contributed by atoms with Gasteiger partial charge >= 0.3 is 6.09 Å². The highest BCUT2D eigenvalue weighted by molar-refractivity contribution is 5.79. The van der Waals surface area contributed by atoms with Crippen molar-refractivity contribution in [1.82, 2.24) is 20.6 Å². The summed E-state index contributed by atoms with van der Waals surface area (Å²) in [5, 5.41) is 17.2. The molecule has 2 amide bonds. The first kappa shape index (κ1) is 27.9. The minimum atomic E-state index is -0.994. The fourth-order valence-corrected chi connectivity index (χ4v) is 4.16. The molecule has 8 heteroatoms. The van der Waals surface area contributed by atoms with Crippen LogP contribution < -0.4 is 10.6 Å². The summed E-state index contributed by atoms with van der Waals surface area (Å²) >= 11 is 0. The van der Waals surface area contributed by atoms with Crippen molar-refractivity contribution in [2.75, 3.05) is 0 Å². The Hall–Kier alpha value is -3.65. The Bertz CT molecular complexity index is 1100. The number of carbonyl (C=O) groups excluding carboxylic acids is 2. The third kappa shape index (κ3) is 9.38. The van der Waals surface area contributed by atoms with Crippen LogP contribution in [0.25, 0.3) is 0 Å². The molecule has 4 N–H and O–H groups in total. The smallest absolute Gasteiger partial charge is 0.407 e. The Morgan fingerprint density at radius 1 is 0.973 bits per heavy atom. The molecule has 3 aromatic rings. The molecule has 4 atom stereocenters. The fraction of sp³-hybridized carbons (Fsp3) is 0.414. The van der Waals surface area contributed by atoms with Gasteiger partial charge in [-0.25, -0.2) is 9.78 Å². The van der Waals surface area contributed by atoms with Crippen molar-refractivity contribution >= 4 is 12.0 Å².